The first-order valence-corrected chi connectivity index (χ1v) is 6.85. The van der Waals surface area contributed by atoms with Crippen molar-refractivity contribution in [2.75, 3.05) is 7.11 Å². The minimum Gasteiger partial charge on any atom is -0.494 e. The summed E-state index contributed by atoms with van der Waals surface area (Å²) in [5.74, 6) is 0.242. The number of fused-ring (bicyclic) bond motifs is 1. The van der Waals surface area contributed by atoms with Gasteiger partial charge in [-0.15, -0.1) is 0 Å². The Morgan fingerprint density at radius 2 is 1.80 bits per heavy atom. The van der Waals surface area contributed by atoms with Crippen LogP contribution in [0.3, 0.4) is 0 Å². The van der Waals surface area contributed by atoms with Crippen molar-refractivity contribution in [3.8, 4) is 5.75 Å². The highest BCUT2D eigenvalue weighted by molar-refractivity contribution is 5.36. The molecule has 1 aliphatic carbocycles. The Bertz CT molecular complexity index is 601. The largest absolute Gasteiger partial charge is 0.494 e. The molecule has 0 saturated heterocycles. The van der Waals surface area contributed by atoms with Crippen molar-refractivity contribution >= 4 is 0 Å². The maximum atomic E-state index is 13.8. The van der Waals surface area contributed by atoms with Crippen LogP contribution >= 0.6 is 0 Å². The standard InChI is InChI=1S/C17H18FNO/c1-20-16-7-6-13(10-15(16)18)17(19)14-8-11-4-2-3-5-12(11)9-14/h2-7,10,14,17H,8-9,19H2,1H3. The van der Waals surface area contributed by atoms with Crippen molar-refractivity contribution in [1.29, 1.82) is 0 Å². The third-order valence-electron chi connectivity index (χ3n) is 4.15. The fourth-order valence-corrected chi connectivity index (χ4v) is 3.01. The van der Waals surface area contributed by atoms with Gasteiger partial charge in [0.25, 0.3) is 0 Å². The molecule has 0 heterocycles. The van der Waals surface area contributed by atoms with Crippen LogP contribution in [0.1, 0.15) is 22.7 Å². The fourth-order valence-electron chi connectivity index (χ4n) is 3.01. The molecule has 2 N–H and O–H groups in total. The summed E-state index contributed by atoms with van der Waals surface area (Å²) in [4.78, 5) is 0. The van der Waals surface area contributed by atoms with Gasteiger partial charge in [-0.1, -0.05) is 30.3 Å². The van der Waals surface area contributed by atoms with E-state index in [-0.39, 0.29) is 17.6 Å². The average Bonchev–Trinajstić information content (AvgIpc) is 2.90. The van der Waals surface area contributed by atoms with E-state index in [1.807, 2.05) is 6.07 Å². The Kier molecular flexibility index (Phi) is 3.45. The molecular formula is C17H18FNO. The van der Waals surface area contributed by atoms with Gasteiger partial charge in [-0.25, -0.2) is 4.39 Å². The summed E-state index contributed by atoms with van der Waals surface area (Å²) in [6, 6.07) is 13.3. The first kappa shape index (κ1) is 13.1. The maximum Gasteiger partial charge on any atom is 0.165 e. The van der Waals surface area contributed by atoms with E-state index in [0.29, 0.717) is 5.92 Å². The molecule has 0 radical (unpaired) electrons. The molecular weight excluding hydrogens is 253 g/mol. The third kappa shape index (κ3) is 2.29. The number of methoxy groups -OCH3 is 1. The molecule has 104 valence electrons. The second-order valence-electron chi connectivity index (χ2n) is 5.36. The number of hydrogen-bond donors (Lipinski definition) is 1. The quantitative estimate of drug-likeness (QED) is 0.930. The molecule has 0 amide bonds. The van der Waals surface area contributed by atoms with Crippen molar-refractivity contribution in [3.05, 3.63) is 65.0 Å². The van der Waals surface area contributed by atoms with Gasteiger partial charge in [0.05, 0.1) is 7.11 Å². The number of halogens is 1. The minimum atomic E-state index is -0.351. The van der Waals surface area contributed by atoms with Gasteiger partial charge < -0.3 is 10.5 Å². The van der Waals surface area contributed by atoms with Crippen molar-refractivity contribution in [3.63, 3.8) is 0 Å². The molecule has 0 bridgehead atoms. The molecule has 1 aliphatic rings. The molecule has 20 heavy (non-hydrogen) atoms. The highest BCUT2D eigenvalue weighted by atomic mass is 19.1. The fraction of sp³-hybridized carbons (Fsp3) is 0.294. The molecule has 2 nitrogen and oxygen atoms in total. The third-order valence-corrected chi connectivity index (χ3v) is 4.15. The van der Waals surface area contributed by atoms with Gasteiger partial charge in [0.1, 0.15) is 0 Å². The van der Waals surface area contributed by atoms with Gasteiger partial charge in [-0.05, 0) is 47.6 Å². The lowest BCUT2D eigenvalue weighted by atomic mass is 9.91. The summed E-state index contributed by atoms with van der Waals surface area (Å²) < 4.78 is 18.7. The summed E-state index contributed by atoms with van der Waals surface area (Å²) in [7, 11) is 1.46. The zero-order chi connectivity index (χ0) is 14.1. The molecule has 3 heteroatoms. The van der Waals surface area contributed by atoms with Crippen LogP contribution in [0.25, 0.3) is 0 Å². The topological polar surface area (TPSA) is 35.2 Å². The highest BCUT2D eigenvalue weighted by Gasteiger charge is 2.27. The Hall–Kier alpha value is -1.87. The Balaban J connectivity index is 1.81. The number of nitrogens with two attached hydrogens (primary N) is 1. The van der Waals surface area contributed by atoms with E-state index in [1.165, 1.54) is 24.3 Å². The molecule has 0 spiro atoms. The van der Waals surface area contributed by atoms with Gasteiger partial charge in [0.2, 0.25) is 0 Å². The highest BCUT2D eigenvalue weighted by Crippen LogP contribution is 2.34. The summed E-state index contributed by atoms with van der Waals surface area (Å²) >= 11 is 0. The Morgan fingerprint density at radius 3 is 2.35 bits per heavy atom. The molecule has 2 aromatic carbocycles. The van der Waals surface area contributed by atoms with Crippen LogP contribution < -0.4 is 10.5 Å². The number of rotatable bonds is 3. The molecule has 1 unspecified atom stereocenters. The Labute approximate surface area is 118 Å². The SMILES string of the molecule is COc1ccc(C(N)C2Cc3ccccc3C2)cc1F. The van der Waals surface area contributed by atoms with E-state index in [2.05, 4.69) is 24.3 Å². The van der Waals surface area contributed by atoms with Crippen LogP contribution in [0.5, 0.6) is 5.75 Å². The molecule has 2 aromatic rings. The van der Waals surface area contributed by atoms with Crippen LogP contribution in [0.4, 0.5) is 4.39 Å². The molecule has 1 atom stereocenters. The zero-order valence-corrected chi connectivity index (χ0v) is 11.5. The van der Waals surface area contributed by atoms with E-state index in [0.717, 1.165) is 18.4 Å². The lowest BCUT2D eigenvalue weighted by molar-refractivity contribution is 0.384. The molecule has 0 fully saturated rings. The average molecular weight is 271 g/mol. The number of benzene rings is 2. The second kappa shape index (κ2) is 5.25. The van der Waals surface area contributed by atoms with E-state index in [9.17, 15) is 4.39 Å². The minimum absolute atomic E-state index is 0.150. The van der Waals surface area contributed by atoms with Gasteiger partial charge in [-0.2, -0.15) is 0 Å². The summed E-state index contributed by atoms with van der Waals surface area (Å²) in [5, 5.41) is 0. The van der Waals surface area contributed by atoms with Gasteiger partial charge in [0.15, 0.2) is 11.6 Å². The first-order chi connectivity index (χ1) is 9.69. The van der Waals surface area contributed by atoms with E-state index in [4.69, 9.17) is 10.5 Å². The summed E-state index contributed by atoms with van der Waals surface area (Å²) in [6.45, 7) is 0. The maximum absolute atomic E-state index is 13.8. The first-order valence-electron chi connectivity index (χ1n) is 6.85. The van der Waals surface area contributed by atoms with Crippen LogP contribution in [0.2, 0.25) is 0 Å². The van der Waals surface area contributed by atoms with Crippen LogP contribution in [0, 0.1) is 11.7 Å². The Morgan fingerprint density at radius 1 is 1.15 bits per heavy atom. The molecule has 0 saturated carbocycles. The molecule has 0 aromatic heterocycles. The summed E-state index contributed by atoms with van der Waals surface area (Å²) in [5.41, 5.74) is 9.89. The second-order valence-corrected chi connectivity index (χ2v) is 5.36. The normalized spacial score (nSPS) is 15.9. The van der Waals surface area contributed by atoms with Crippen LogP contribution in [-0.2, 0) is 12.8 Å². The van der Waals surface area contributed by atoms with Crippen molar-refractivity contribution < 1.29 is 9.13 Å². The lowest BCUT2D eigenvalue weighted by Gasteiger charge is -2.19. The summed E-state index contributed by atoms with van der Waals surface area (Å²) in [6.07, 6.45) is 1.93. The van der Waals surface area contributed by atoms with Crippen molar-refractivity contribution in [2.24, 2.45) is 11.7 Å². The van der Waals surface area contributed by atoms with Gasteiger partial charge >= 0.3 is 0 Å². The van der Waals surface area contributed by atoms with E-state index >= 15 is 0 Å². The molecule has 0 aliphatic heterocycles. The zero-order valence-electron chi connectivity index (χ0n) is 11.5. The van der Waals surface area contributed by atoms with Crippen molar-refractivity contribution in [2.45, 2.75) is 18.9 Å². The lowest BCUT2D eigenvalue weighted by Crippen LogP contribution is -2.22. The monoisotopic (exact) mass is 271 g/mol. The van der Waals surface area contributed by atoms with E-state index in [1.54, 1.807) is 6.07 Å². The predicted octanol–water partition coefficient (Wildman–Crippen LogP) is 3.25. The van der Waals surface area contributed by atoms with Gasteiger partial charge in [-0.3, -0.25) is 0 Å². The van der Waals surface area contributed by atoms with E-state index < -0.39 is 0 Å². The predicted molar refractivity (Wildman–Crippen MR) is 77.2 cm³/mol. The van der Waals surface area contributed by atoms with Crippen LogP contribution in [-0.4, -0.2) is 7.11 Å². The van der Waals surface area contributed by atoms with Crippen molar-refractivity contribution in [1.82, 2.24) is 0 Å². The number of ether oxygens (including phenoxy) is 1. The molecule has 3 rings (SSSR count). The van der Waals surface area contributed by atoms with Gasteiger partial charge in [0, 0.05) is 6.04 Å². The smallest absolute Gasteiger partial charge is 0.165 e. The number of hydrogen-bond acceptors (Lipinski definition) is 2. The van der Waals surface area contributed by atoms with Crippen LogP contribution in [0.15, 0.2) is 42.5 Å².